The lowest BCUT2D eigenvalue weighted by Crippen LogP contribution is -2.22. The Morgan fingerprint density at radius 1 is 1.08 bits per heavy atom. The Morgan fingerprint density at radius 2 is 1.68 bits per heavy atom. The van der Waals surface area contributed by atoms with Gasteiger partial charge in [-0.1, -0.05) is 0 Å². The van der Waals surface area contributed by atoms with Gasteiger partial charge in [0.2, 0.25) is 0 Å². The number of carbonyl (C=O) groups is 2. The first kappa shape index (κ1) is 18.0. The second-order valence-electron chi connectivity index (χ2n) is 5.09. The molecule has 2 aromatic carbocycles. The van der Waals surface area contributed by atoms with Gasteiger partial charge >= 0.3 is 5.97 Å². The van der Waals surface area contributed by atoms with Crippen molar-refractivity contribution in [2.45, 2.75) is 13.0 Å². The van der Waals surface area contributed by atoms with E-state index in [2.05, 4.69) is 10.5 Å². The molecule has 130 valence electrons. The van der Waals surface area contributed by atoms with Crippen LogP contribution in [-0.4, -0.2) is 36.4 Å². The Labute approximate surface area is 144 Å². The van der Waals surface area contributed by atoms with Crippen LogP contribution in [0.3, 0.4) is 0 Å². The topological polar surface area (TPSA) is 97.2 Å². The van der Waals surface area contributed by atoms with Crippen molar-refractivity contribution in [1.29, 1.82) is 0 Å². The van der Waals surface area contributed by atoms with Crippen molar-refractivity contribution < 1.29 is 24.2 Å². The summed E-state index contributed by atoms with van der Waals surface area (Å²) in [5.41, 5.74) is 3.62. The number of hydrazone groups is 1. The van der Waals surface area contributed by atoms with Crippen LogP contribution < -0.4 is 14.9 Å². The predicted octanol–water partition coefficient (Wildman–Crippen LogP) is 2.31. The minimum atomic E-state index is -1.04. The number of ether oxygens (including phenoxy) is 2. The summed E-state index contributed by atoms with van der Waals surface area (Å²) in [7, 11) is 1.55. The number of carbonyl (C=O) groups excluding carboxylic acids is 1. The van der Waals surface area contributed by atoms with Gasteiger partial charge in [-0.3, -0.25) is 4.79 Å². The molecule has 2 aromatic rings. The molecule has 0 fully saturated rings. The van der Waals surface area contributed by atoms with Gasteiger partial charge in [0.1, 0.15) is 11.5 Å². The molecule has 0 aliphatic carbocycles. The first-order chi connectivity index (χ1) is 12.0. The van der Waals surface area contributed by atoms with Crippen molar-refractivity contribution in [2.24, 2.45) is 5.10 Å². The summed E-state index contributed by atoms with van der Waals surface area (Å²) in [5.74, 6) is -0.269. The van der Waals surface area contributed by atoms with Crippen LogP contribution in [0.15, 0.2) is 53.6 Å². The van der Waals surface area contributed by atoms with Gasteiger partial charge in [0.15, 0.2) is 6.10 Å². The van der Waals surface area contributed by atoms with E-state index in [-0.39, 0.29) is 5.91 Å². The molecule has 2 N–H and O–H groups in total. The van der Waals surface area contributed by atoms with E-state index >= 15 is 0 Å². The zero-order valence-corrected chi connectivity index (χ0v) is 13.8. The Balaban J connectivity index is 1.90. The van der Waals surface area contributed by atoms with Gasteiger partial charge in [0.25, 0.3) is 5.91 Å². The van der Waals surface area contributed by atoms with Gasteiger partial charge in [0.05, 0.1) is 13.3 Å². The van der Waals surface area contributed by atoms with Crippen molar-refractivity contribution in [3.05, 3.63) is 59.7 Å². The highest BCUT2D eigenvalue weighted by molar-refractivity contribution is 5.95. The van der Waals surface area contributed by atoms with Crippen LogP contribution in [0, 0.1) is 0 Å². The Morgan fingerprint density at radius 3 is 2.24 bits per heavy atom. The molecule has 0 radical (unpaired) electrons. The zero-order chi connectivity index (χ0) is 18.2. The minimum Gasteiger partial charge on any atom is -0.497 e. The number of carboxylic acid groups (broad SMARTS) is 1. The summed E-state index contributed by atoms with van der Waals surface area (Å²) < 4.78 is 10.3. The fraction of sp³-hybridized carbons (Fsp3) is 0.167. The van der Waals surface area contributed by atoms with Crippen LogP contribution >= 0.6 is 0 Å². The van der Waals surface area contributed by atoms with Crippen LogP contribution in [0.1, 0.15) is 22.8 Å². The molecule has 0 aromatic heterocycles. The lowest BCUT2D eigenvalue weighted by Gasteiger charge is -2.09. The second-order valence-corrected chi connectivity index (χ2v) is 5.09. The molecule has 7 heteroatoms. The summed E-state index contributed by atoms with van der Waals surface area (Å²) in [6, 6.07) is 13.3. The van der Waals surface area contributed by atoms with E-state index in [0.717, 1.165) is 5.56 Å². The molecule has 0 saturated heterocycles. The van der Waals surface area contributed by atoms with Gasteiger partial charge in [-0.15, -0.1) is 0 Å². The quantitative estimate of drug-likeness (QED) is 0.594. The third-order valence-corrected chi connectivity index (χ3v) is 3.27. The highest BCUT2D eigenvalue weighted by Crippen LogP contribution is 2.13. The van der Waals surface area contributed by atoms with Crippen LogP contribution in [0.5, 0.6) is 11.5 Å². The summed E-state index contributed by atoms with van der Waals surface area (Å²) in [4.78, 5) is 22.7. The monoisotopic (exact) mass is 342 g/mol. The molecular weight excluding hydrogens is 324 g/mol. The fourth-order valence-corrected chi connectivity index (χ4v) is 1.86. The lowest BCUT2D eigenvalue weighted by molar-refractivity contribution is -0.144. The normalized spacial score (nSPS) is 11.8. The van der Waals surface area contributed by atoms with Crippen LogP contribution in [0.25, 0.3) is 0 Å². The molecular formula is C18H18N2O5. The van der Waals surface area contributed by atoms with E-state index in [4.69, 9.17) is 14.6 Å². The molecule has 0 aliphatic heterocycles. The first-order valence-corrected chi connectivity index (χ1v) is 7.46. The van der Waals surface area contributed by atoms with Crippen LogP contribution in [0.2, 0.25) is 0 Å². The Hall–Kier alpha value is -3.35. The number of benzene rings is 2. The van der Waals surface area contributed by atoms with Crippen LogP contribution in [-0.2, 0) is 4.79 Å². The van der Waals surface area contributed by atoms with Crippen molar-refractivity contribution in [1.82, 2.24) is 5.43 Å². The molecule has 1 amide bonds. The second kappa shape index (κ2) is 8.49. The van der Waals surface area contributed by atoms with E-state index in [9.17, 15) is 9.59 Å². The van der Waals surface area contributed by atoms with E-state index in [1.54, 1.807) is 55.6 Å². The van der Waals surface area contributed by atoms with Gasteiger partial charge in [-0.25, -0.2) is 10.2 Å². The zero-order valence-electron chi connectivity index (χ0n) is 13.8. The number of hydrogen-bond acceptors (Lipinski definition) is 5. The molecule has 0 aliphatic rings. The summed E-state index contributed by atoms with van der Waals surface area (Å²) >= 11 is 0. The fourth-order valence-electron chi connectivity index (χ4n) is 1.86. The average Bonchev–Trinajstić information content (AvgIpc) is 2.63. The first-order valence-electron chi connectivity index (χ1n) is 7.46. The molecule has 0 spiro atoms. The third kappa shape index (κ3) is 5.35. The molecule has 25 heavy (non-hydrogen) atoms. The number of amides is 1. The molecule has 0 bridgehead atoms. The van der Waals surface area contributed by atoms with E-state index in [1.807, 2.05) is 0 Å². The third-order valence-electron chi connectivity index (χ3n) is 3.27. The minimum absolute atomic E-state index is 0.339. The van der Waals surface area contributed by atoms with Gasteiger partial charge < -0.3 is 14.6 Å². The van der Waals surface area contributed by atoms with Crippen molar-refractivity contribution in [3.8, 4) is 11.5 Å². The van der Waals surface area contributed by atoms with E-state index in [1.165, 1.54) is 13.1 Å². The molecule has 2 rings (SSSR count). The number of nitrogens with one attached hydrogen (secondary N) is 1. The van der Waals surface area contributed by atoms with Gasteiger partial charge in [-0.2, -0.15) is 5.10 Å². The number of methoxy groups -OCH3 is 1. The predicted molar refractivity (Wildman–Crippen MR) is 92.2 cm³/mol. The smallest absolute Gasteiger partial charge is 0.344 e. The van der Waals surface area contributed by atoms with Crippen molar-refractivity contribution in [2.75, 3.05) is 7.11 Å². The maximum absolute atomic E-state index is 11.9. The summed E-state index contributed by atoms with van der Waals surface area (Å²) in [6.07, 6.45) is 0.551. The number of rotatable bonds is 7. The van der Waals surface area contributed by atoms with Gasteiger partial charge in [0, 0.05) is 5.56 Å². The lowest BCUT2D eigenvalue weighted by atomic mass is 10.2. The van der Waals surface area contributed by atoms with Crippen molar-refractivity contribution in [3.63, 3.8) is 0 Å². The Bertz CT molecular complexity index is 754. The molecule has 1 atom stereocenters. The van der Waals surface area contributed by atoms with Crippen LogP contribution in [0.4, 0.5) is 0 Å². The van der Waals surface area contributed by atoms with Crippen molar-refractivity contribution >= 4 is 18.1 Å². The molecule has 0 unspecified atom stereocenters. The highest BCUT2D eigenvalue weighted by atomic mass is 16.5. The largest absolute Gasteiger partial charge is 0.497 e. The van der Waals surface area contributed by atoms with E-state index in [0.29, 0.717) is 17.1 Å². The van der Waals surface area contributed by atoms with E-state index < -0.39 is 12.1 Å². The number of nitrogens with zero attached hydrogens (tertiary/aromatic N) is 1. The highest BCUT2D eigenvalue weighted by Gasteiger charge is 2.11. The Kier molecular flexibility index (Phi) is 6.11. The maximum Gasteiger partial charge on any atom is 0.344 e. The standard InChI is InChI=1S/C18H18N2O5/c1-12(18(22)23)25-16-7-3-13(4-8-16)11-19-20-17(21)14-5-9-15(24-2)10-6-14/h3-12H,1-2H3,(H,20,21)(H,22,23)/b19-11-/t12-/m1/s1. The molecule has 7 nitrogen and oxygen atoms in total. The molecule has 0 saturated carbocycles. The summed E-state index contributed by atoms with van der Waals surface area (Å²) in [6.45, 7) is 1.45. The van der Waals surface area contributed by atoms with Gasteiger partial charge in [-0.05, 0) is 61.0 Å². The maximum atomic E-state index is 11.9. The number of carboxylic acids is 1. The molecule has 0 heterocycles. The average molecular weight is 342 g/mol. The summed E-state index contributed by atoms with van der Waals surface area (Å²) in [5, 5.41) is 12.7. The number of hydrogen-bond donors (Lipinski definition) is 2. The SMILES string of the molecule is COc1ccc(C(=O)N/N=C\c2ccc(O[C@H](C)C(=O)O)cc2)cc1. The number of aliphatic carboxylic acids is 1.